The second-order valence-corrected chi connectivity index (χ2v) is 7.23. The molecule has 6 heteroatoms. The van der Waals surface area contributed by atoms with Gasteiger partial charge in [-0.3, -0.25) is 4.79 Å². The SMILES string of the molecule is CCS[C@@H]1CCC(=O)N1S(=O)(=O)c1ccccc1. The van der Waals surface area contributed by atoms with E-state index in [1.54, 1.807) is 18.2 Å². The van der Waals surface area contributed by atoms with Crippen LogP contribution >= 0.6 is 11.8 Å². The Kier molecular flexibility index (Phi) is 3.97. The smallest absolute Gasteiger partial charge is 0.267 e. The van der Waals surface area contributed by atoms with Crippen molar-refractivity contribution in [1.29, 1.82) is 0 Å². The van der Waals surface area contributed by atoms with Crippen LogP contribution in [0.2, 0.25) is 0 Å². The summed E-state index contributed by atoms with van der Waals surface area (Å²) in [5.74, 6) is 0.489. The van der Waals surface area contributed by atoms with Crippen molar-refractivity contribution in [3.8, 4) is 0 Å². The van der Waals surface area contributed by atoms with Crippen LogP contribution in [0, 0.1) is 0 Å². The molecule has 0 saturated carbocycles. The maximum absolute atomic E-state index is 12.4. The first kappa shape index (κ1) is 13.4. The van der Waals surface area contributed by atoms with Crippen molar-refractivity contribution in [2.45, 2.75) is 30.0 Å². The molecular weight excluding hydrogens is 270 g/mol. The molecule has 0 aliphatic carbocycles. The highest BCUT2D eigenvalue weighted by Gasteiger charge is 2.40. The topological polar surface area (TPSA) is 54.5 Å². The highest BCUT2D eigenvalue weighted by molar-refractivity contribution is 8.00. The van der Waals surface area contributed by atoms with E-state index in [9.17, 15) is 13.2 Å². The molecule has 0 unspecified atom stereocenters. The summed E-state index contributed by atoms with van der Waals surface area (Å²) >= 11 is 1.50. The molecule has 18 heavy (non-hydrogen) atoms. The van der Waals surface area contributed by atoms with Gasteiger partial charge >= 0.3 is 0 Å². The lowest BCUT2D eigenvalue weighted by molar-refractivity contribution is -0.123. The van der Waals surface area contributed by atoms with Gasteiger partial charge in [-0.15, -0.1) is 11.8 Å². The van der Waals surface area contributed by atoms with Gasteiger partial charge < -0.3 is 0 Å². The Morgan fingerprint density at radius 1 is 1.33 bits per heavy atom. The van der Waals surface area contributed by atoms with Crippen LogP contribution < -0.4 is 0 Å². The minimum atomic E-state index is -3.70. The number of carbonyl (C=O) groups excluding carboxylic acids is 1. The molecule has 1 aromatic carbocycles. The molecule has 98 valence electrons. The molecule has 1 saturated heterocycles. The maximum Gasteiger partial charge on any atom is 0.267 e. The summed E-state index contributed by atoms with van der Waals surface area (Å²) in [6.45, 7) is 1.96. The highest BCUT2D eigenvalue weighted by atomic mass is 32.2. The monoisotopic (exact) mass is 285 g/mol. The molecular formula is C12H15NO3S2. The molecule has 0 N–H and O–H groups in total. The number of hydrogen-bond acceptors (Lipinski definition) is 4. The van der Waals surface area contributed by atoms with E-state index in [-0.39, 0.29) is 16.2 Å². The molecule has 1 fully saturated rings. The summed E-state index contributed by atoms with van der Waals surface area (Å²) in [6, 6.07) is 8.12. The van der Waals surface area contributed by atoms with E-state index in [0.29, 0.717) is 12.8 Å². The van der Waals surface area contributed by atoms with Gasteiger partial charge in [0.25, 0.3) is 10.0 Å². The van der Waals surface area contributed by atoms with Gasteiger partial charge in [0.1, 0.15) is 0 Å². The minimum absolute atomic E-state index is 0.182. The van der Waals surface area contributed by atoms with Crippen molar-refractivity contribution < 1.29 is 13.2 Å². The van der Waals surface area contributed by atoms with Gasteiger partial charge in [0, 0.05) is 6.42 Å². The molecule has 1 aliphatic rings. The van der Waals surface area contributed by atoms with Gasteiger partial charge in [0.05, 0.1) is 10.3 Å². The third kappa shape index (κ3) is 2.40. The molecule has 1 amide bonds. The highest BCUT2D eigenvalue weighted by Crippen LogP contribution is 2.33. The molecule has 4 nitrogen and oxygen atoms in total. The Morgan fingerprint density at radius 2 is 2.00 bits per heavy atom. The van der Waals surface area contributed by atoms with Crippen molar-refractivity contribution >= 4 is 27.7 Å². The lowest BCUT2D eigenvalue weighted by atomic mass is 10.4. The fraction of sp³-hybridized carbons (Fsp3) is 0.417. The lowest BCUT2D eigenvalue weighted by Gasteiger charge is -2.23. The average molecular weight is 285 g/mol. The number of hydrogen-bond donors (Lipinski definition) is 0. The Labute approximate surface area is 111 Å². The third-order valence-electron chi connectivity index (χ3n) is 2.77. The van der Waals surface area contributed by atoms with Crippen molar-refractivity contribution in [3.63, 3.8) is 0 Å². The fourth-order valence-corrected chi connectivity index (χ4v) is 4.92. The number of rotatable bonds is 4. The average Bonchev–Trinajstić information content (AvgIpc) is 2.73. The summed E-state index contributed by atoms with van der Waals surface area (Å²) in [5, 5.41) is -0.257. The molecule has 1 aromatic rings. The lowest BCUT2D eigenvalue weighted by Crippen LogP contribution is -2.37. The molecule has 1 atom stereocenters. The largest absolute Gasteiger partial charge is 0.274 e. The Morgan fingerprint density at radius 3 is 2.61 bits per heavy atom. The Bertz CT molecular complexity index is 528. The van der Waals surface area contributed by atoms with Gasteiger partial charge in [-0.05, 0) is 24.3 Å². The van der Waals surface area contributed by atoms with Crippen molar-refractivity contribution in [2.75, 3.05) is 5.75 Å². The van der Waals surface area contributed by atoms with E-state index >= 15 is 0 Å². The van der Waals surface area contributed by atoms with E-state index in [1.165, 1.54) is 23.9 Å². The first-order valence-corrected chi connectivity index (χ1v) is 8.30. The van der Waals surface area contributed by atoms with Crippen molar-refractivity contribution in [2.24, 2.45) is 0 Å². The van der Waals surface area contributed by atoms with Crippen LogP contribution in [0.25, 0.3) is 0 Å². The van der Waals surface area contributed by atoms with Gasteiger partial charge in [0.15, 0.2) is 0 Å². The number of carbonyl (C=O) groups is 1. The first-order chi connectivity index (χ1) is 8.57. The molecule has 1 heterocycles. The normalized spacial score (nSPS) is 20.4. The third-order valence-corrected chi connectivity index (χ3v) is 5.91. The quantitative estimate of drug-likeness (QED) is 0.850. The van der Waals surface area contributed by atoms with Crippen molar-refractivity contribution in [3.05, 3.63) is 30.3 Å². The fourth-order valence-electron chi connectivity index (χ4n) is 1.97. The van der Waals surface area contributed by atoms with Gasteiger partial charge in [-0.25, -0.2) is 12.7 Å². The second kappa shape index (κ2) is 5.32. The van der Waals surface area contributed by atoms with Crippen LogP contribution in [0.5, 0.6) is 0 Å². The van der Waals surface area contributed by atoms with Gasteiger partial charge in [0.2, 0.25) is 5.91 Å². The number of amides is 1. The zero-order valence-electron chi connectivity index (χ0n) is 10.1. The van der Waals surface area contributed by atoms with Crippen LogP contribution in [0.3, 0.4) is 0 Å². The molecule has 1 aliphatic heterocycles. The van der Waals surface area contributed by atoms with E-state index in [4.69, 9.17) is 0 Å². The number of thioether (sulfide) groups is 1. The van der Waals surface area contributed by atoms with Crippen LogP contribution in [0.1, 0.15) is 19.8 Å². The Balaban J connectivity index is 2.37. The van der Waals surface area contributed by atoms with Crippen LogP contribution in [0.15, 0.2) is 35.2 Å². The standard InChI is InChI=1S/C12H15NO3S2/c1-2-17-12-9-8-11(14)13(12)18(15,16)10-6-4-3-5-7-10/h3-7,12H,2,8-9H2,1H3/t12-/m1/s1. The number of sulfonamides is 1. The molecule has 2 rings (SSSR count). The van der Waals surface area contributed by atoms with Gasteiger partial charge in [-0.2, -0.15) is 0 Å². The van der Waals surface area contributed by atoms with Crippen LogP contribution in [-0.2, 0) is 14.8 Å². The predicted octanol–water partition coefficient (Wildman–Crippen LogP) is 2.08. The zero-order valence-corrected chi connectivity index (χ0v) is 11.7. The van der Waals surface area contributed by atoms with Gasteiger partial charge in [-0.1, -0.05) is 25.1 Å². The first-order valence-electron chi connectivity index (χ1n) is 5.81. The molecule has 0 radical (unpaired) electrons. The van der Waals surface area contributed by atoms with Crippen molar-refractivity contribution in [1.82, 2.24) is 4.31 Å². The summed E-state index contributed by atoms with van der Waals surface area (Å²) < 4.78 is 25.9. The van der Waals surface area contributed by atoms with E-state index in [1.807, 2.05) is 6.92 Å². The van der Waals surface area contributed by atoms with E-state index in [0.717, 1.165) is 10.1 Å². The number of benzene rings is 1. The maximum atomic E-state index is 12.4. The minimum Gasteiger partial charge on any atom is -0.274 e. The van der Waals surface area contributed by atoms with Crippen LogP contribution in [0.4, 0.5) is 0 Å². The molecule has 0 bridgehead atoms. The summed E-state index contributed by atoms with van der Waals surface area (Å²) in [6.07, 6.45) is 0.910. The summed E-state index contributed by atoms with van der Waals surface area (Å²) in [7, 11) is -3.70. The predicted molar refractivity (Wildman–Crippen MR) is 71.6 cm³/mol. The summed E-state index contributed by atoms with van der Waals surface area (Å²) in [5.41, 5.74) is 0. The molecule has 0 spiro atoms. The summed E-state index contributed by atoms with van der Waals surface area (Å²) in [4.78, 5) is 12.0. The van der Waals surface area contributed by atoms with E-state index in [2.05, 4.69) is 0 Å². The number of nitrogens with zero attached hydrogens (tertiary/aromatic N) is 1. The zero-order chi connectivity index (χ0) is 13.2. The Hall–Kier alpha value is -1.01. The molecule has 0 aromatic heterocycles. The van der Waals surface area contributed by atoms with Crippen LogP contribution in [-0.4, -0.2) is 29.8 Å². The van der Waals surface area contributed by atoms with E-state index < -0.39 is 10.0 Å². The second-order valence-electron chi connectivity index (χ2n) is 3.96.